The molecule has 0 saturated carbocycles. The molecule has 1 atom stereocenters. The zero-order chi connectivity index (χ0) is 18.4. The van der Waals surface area contributed by atoms with E-state index in [1.807, 2.05) is 42.5 Å². The minimum absolute atomic E-state index is 0.0774. The zero-order valence-electron chi connectivity index (χ0n) is 14.2. The predicted octanol–water partition coefficient (Wildman–Crippen LogP) is 4.11. The summed E-state index contributed by atoms with van der Waals surface area (Å²) in [5.41, 5.74) is 0.870. The maximum absolute atomic E-state index is 11.9. The number of ether oxygens (including phenoxy) is 1. The second kappa shape index (κ2) is 8.70. The number of nitrogens with one attached hydrogen (secondary N) is 1. The van der Waals surface area contributed by atoms with Crippen LogP contribution in [0.1, 0.15) is 18.1 Å². The summed E-state index contributed by atoms with van der Waals surface area (Å²) in [6.45, 7) is 0.291. The molecule has 0 spiro atoms. The van der Waals surface area contributed by atoms with Crippen molar-refractivity contribution < 1.29 is 14.6 Å². The Morgan fingerprint density at radius 2 is 1.77 bits per heavy atom. The number of hydrogen-bond donors (Lipinski definition) is 2. The molecule has 0 aliphatic carbocycles. The molecule has 0 unspecified atom stereocenters. The number of carbonyl (C=O) groups excluding carboxylic acids is 1. The molecule has 0 heterocycles. The summed E-state index contributed by atoms with van der Waals surface area (Å²) in [7, 11) is 0. The van der Waals surface area contributed by atoms with Crippen LogP contribution in [0.2, 0.25) is 5.02 Å². The highest BCUT2D eigenvalue weighted by Crippen LogP contribution is 2.25. The van der Waals surface area contributed by atoms with Gasteiger partial charge >= 0.3 is 0 Å². The molecular weight excluding hydrogens is 350 g/mol. The van der Waals surface area contributed by atoms with Crippen LogP contribution in [-0.4, -0.2) is 24.2 Å². The zero-order valence-corrected chi connectivity index (χ0v) is 14.9. The highest BCUT2D eigenvalue weighted by Gasteiger charge is 2.11. The van der Waals surface area contributed by atoms with E-state index < -0.39 is 6.10 Å². The molecule has 26 heavy (non-hydrogen) atoms. The van der Waals surface area contributed by atoms with Crippen molar-refractivity contribution in [3.05, 3.63) is 77.3 Å². The van der Waals surface area contributed by atoms with Gasteiger partial charge in [0.2, 0.25) is 0 Å². The first kappa shape index (κ1) is 18.2. The first-order valence-corrected chi connectivity index (χ1v) is 8.82. The summed E-state index contributed by atoms with van der Waals surface area (Å²) in [5.74, 6) is 0.352. The van der Waals surface area contributed by atoms with Crippen molar-refractivity contribution in [1.82, 2.24) is 5.32 Å². The first-order valence-electron chi connectivity index (χ1n) is 8.44. The SMILES string of the molecule is O=C(COc1ccc(Cl)cc1)NCC[C@H](O)c1cccc2ccccc12. The monoisotopic (exact) mass is 369 g/mol. The molecular formula is C21H20ClNO3. The normalized spacial score (nSPS) is 11.9. The van der Waals surface area contributed by atoms with Crippen molar-refractivity contribution in [3.63, 3.8) is 0 Å². The van der Waals surface area contributed by atoms with Gasteiger partial charge in [-0.25, -0.2) is 0 Å². The number of carbonyl (C=O) groups is 1. The second-order valence-corrected chi connectivity index (χ2v) is 6.40. The van der Waals surface area contributed by atoms with E-state index in [2.05, 4.69) is 5.32 Å². The van der Waals surface area contributed by atoms with Crippen molar-refractivity contribution >= 4 is 28.3 Å². The van der Waals surface area contributed by atoms with Crippen molar-refractivity contribution in [1.29, 1.82) is 0 Å². The van der Waals surface area contributed by atoms with Gasteiger partial charge in [-0.1, -0.05) is 54.1 Å². The predicted molar refractivity (Wildman–Crippen MR) is 103 cm³/mol. The minimum atomic E-state index is -0.640. The molecule has 134 valence electrons. The van der Waals surface area contributed by atoms with Gasteiger partial charge in [-0.3, -0.25) is 4.79 Å². The number of hydrogen-bond acceptors (Lipinski definition) is 3. The van der Waals surface area contributed by atoms with Crippen LogP contribution < -0.4 is 10.1 Å². The number of halogens is 1. The number of rotatable bonds is 7. The molecule has 0 saturated heterocycles. The molecule has 0 bridgehead atoms. The van der Waals surface area contributed by atoms with Crippen molar-refractivity contribution in [2.75, 3.05) is 13.2 Å². The molecule has 5 heteroatoms. The average Bonchev–Trinajstić information content (AvgIpc) is 2.67. The van der Waals surface area contributed by atoms with E-state index in [1.54, 1.807) is 24.3 Å². The maximum Gasteiger partial charge on any atom is 0.257 e. The van der Waals surface area contributed by atoms with Crippen LogP contribution in [0.3, 0.4) is 0 Å². The Balaban J connectivity index is 1.47. The van der Waals surface area contributed by atoms with E-state index in [9.17, 15) is 9.90 Å². The second-order valence-electron chi connectivity index (χ2n) is 5.97. The number of benzene rings is 3. The van der Waals surface area contributed by atoms with Crippen LogP contribution in [0.25, 0.3) is 10.8 Å². The first-order chi connectivity index (χ1) is 12.6. The lowest BCUT2D eigenvalue weighted by atomic mass is 9.99. The van der Waals surface area contributed by atoms with Gasteiger partial charge in [0.1, 0.15) is 5.75 Å². The van der Waals surface area contributed by atoms with Crippen molar-refractivity contribution in [3.8, 4) is 5.75 Å². The Kier molecular flexibility index (Phi) is 6.10. The van der Waals surface area contributed by atoms with Gasteiger partial charge < -0.3 is 15.2 Å². The fourth-order valence-corrected chi connectivity index (χ4v) is 2.90. The number of aliphatic hydroxyl groups is 1. The van der Waals surface area contributed by atoms with Crippen LogP contribution in [0.5, 0.6) is 5.75 Å². The van der Waals surface area contributed by atoms with Crippen LogP contribution >= 0.6 is 11.6 Å². The van der Waals surface area contributed by atoms with Gasteiger partial charge in [0.25, 0.3) is 5.91 Å². The molecule has 4 nitrogen and oxygen atoms in total. The van der Waals surface area contributed by atoms with Gasteiger partial charge in [0.15, 0.2) is 6.61 Å². The molecule has 3 aromatic carbocycles. The standard InChI is InChI=1S/C21H20ClNO3/c22-16-8-10-17(11-9-16)26-14-21(25)23-13-12-20(24)19-7-3-5-15-4-1-2-6-18(15)19/h1-11,20,24H,12-14H2,(H,23,25)/t20-/m0/s1. The number of aliphatic hydroxyl groups excluding tert-OH is 1. The van der Waals surface area contributed by atoms with Gasteiger partial charge in [-0.2, -0.15) is 0 Å². The molecule has 2 N–H and O–H groups in total. The quantitative estimate of drug-likeness (QED) is 0.658. The summed E-state index contributed by atoms with van der Waals surface area (Å²) in [6, 6.07) is 20.6. The molecule has 3 rings (SSSR count). The lowest BCUT2D eigenvalue weighted by molar-refractivity contribution is -0.123. The van der Waals surface area contributed by atoms with Gasteiger partial charge in [0.05, 0.1) is 6.10 Å². The lowest BCUT2D eigenvalue weighted by Gasteiger charge is -2.14. The Morgan fingerprint density at radius 3 is 2.58 bits per heavy atom. The Labute approximate surface area is 157 Å². The fraction of sp³-hybridized carbons (Fsp3) is 0.190. The third-order valence-corrected chi connectivity index (χ3v) is 4.36. The molecule has 0 radical (unpaired) electrons. The summed E-state index contributed by atoms with van der Waals surface area (Å²) in [5, 5.41) is 16.0. The van der Waals surface area contributed by atoms with Crippen LogP contribution in [-0.2, 0) is 4.79 Å². The molecule has 0 aliphatic heterocycles. The third-order valence-electron chi connectivity index (χ3n) is 4.11. The highest BCUT2D eigenvalue weighted by molar-refractivity contribution is 6.30. The van der Waals surface area contributed by atoms with Crippen molar-refractivity contribution in [2.24, 2.45) is 0 Å². The van der Waals surface area contributed by atoms with Crippen LogP contribution in [0.15, 0.2) is 66.7 Å². The van der Waals surface area contributed by atoms with Crippen LogP contribution in [0, 0.1) is 0 Å². The summed E-state index contributed by atoms with van der Waals surface area (Å²) in [4.78, 5) is 11.9. The molecule has 0 aromatic heterocycles. The van der Waals surface area contributed by atoms with Gasteiger partial charge in [-0.05, 0) is 47.0 Å². The van der Waals surface area contributed by atoms with E-state index >= 15 is 0 Å². The smallest absolute Gasteiger partial charge is 0.257 e. The van der Waals surface area contributed by atoms with Crippen molar-refractivity contribution in [2.45, 2.75) is 12.5 Å². The molecule has 0 fully saturated rings. The number of fused-ring (bicyclic) bond motifs is 1. The Morgan fingerprint density at radius 1 is 1.04 bits per heavy atom. The molecule has 0 aliphatic rings. The maximum atomic E-state index is 11.9. The topological polar surface area (TPSA) is 58.6 Å². The average molecular weight is 370 g/mol. The van der Waals surface area contributed by atoms with Gasteiger partial charge in [0, 0.05) is 11.6 Å². The Hall–Kier alpha value is -2.56. The van der Waals surface area contributed by atoms with Crippen LogP contribution in [0.4, 0.5) is 0 Å². The molecule has 3 aromatic rings. The fourth-order valence-electron chi connectivity index (χ4n) is 2.78. The summed E-state index contributed by atoms with van der Waals surface area (Å²) >= 11 is 5.80. The van der Waals surface area contributed by atoms with E-state index in [0.717, 1.165) is 16.3 Å². The third kappa shape index (κ3) is 4.75. The highest BCUT2D eigenvalue weighted by atomic mass is 35.5. The van der Waals surface area contributed by atoms with E-state index in [1.165, 1.54) is 0 Å². The van der Waals surface area contributed by atoms with Gasteiger partial charge in [-0.15, -0.1) is 0 Å². The van der Waals surface area contributed by atoms with E-state index in [4.69, 9.17) is 16.3 Å². The molecule has 1 amide bonds. The summed E-state index contributed by atoms with van der Waals surface area (Å²) < 4.78 is 5.39. The Bertz CT molecular complexity index is 875. The largest absolute Gasteiger partial charge is 0.484 e. The minimum Gasteiger partial charge on any atom is -0.484 e. The van der Waals surface area contributed by atoms with E-state index in [-0.39, 0.29) is 12.5 Å². The lowest BCUT2D eigenvalue weighted by Crippen LogP contribution is -2.30. The van der Waals surface area contributed by atoms with E-state index in [0.29, 0.717) is 23.7 Å². The number of amides is 1. The summed E-state index contributed by atoms with van der Waals surface area (Å²) in [6.07, 6.45) is -0.209.